The fourth-order valence-corrected chi connectivity index (χ4v) is 3.24. The molecule has 1 aromatic heterocycles. The molecule has 1 aliphatic rings. The van der Waals surface area contributed by atoms with E-state index in [1.807, 2.05) is 24.3 Å². The lowest BCUT2D eigenvalue weighted by molar-refractivity contribution is 0.103. The number of thiophene rings is 1. The van der Waals surface area contributed by atoms with Crippen LogP contribution in [-0.2, 0) is 11.2 Å². The number of nitrogens with zero attached hydrogens (tertiary/aromatic N) is 1. The van der Waals surface area contributed by atoms with Crippen LogP contribution >= 0.6 is 22.9 Å². The molecule has 1 aromatic carbocycles. The van der Waals surface area contributed by atoms with Gasteiger partial charge in [0.1, 0.15) is 6.61 Å². The molecule has 5 nitrogen and oxygen atoms in total. The lowest BCUT2D eigenvalue weighted by Crippen LogP contribution is -2.10. The number of carbonyl (C=O) groups excluding carboxylic acids is 1. The summed E-state index contributed by atoms with van der Waals surface area (Å²) in [6.07, 6.45) is 1.78. The minimum atomic E-state index is -0.150. The zero-order valence-electron chi connectivity index (χ0n) is 12.3. The molecule has 0 aliphatic carbocycles. The van der Waals surface area contributed by atoms with E-state index in [-0.39, 0.29) is 18.0 Å². The van der Waals surface area contributed by atoms with Crippen molar-refractivity contribution in [1.29, 1.82) is 0 Å². The third-order valence-electron chi connectivity index (χ3n) is 3.51. The zero-order chi connectivity index (χ0) is 16.2. The van der Waals surface area contributed by atoms with Crippen LogP contribution in [0.5, 0.6) is 0 Å². The number of ether oxygens (including phenoxy) is 1. The summed E-state index contributed by atoms with van der Waals surface area (Å²) in [6.45, 7) is 0.559. The second-order valence-electron chi connectivity index (χ2n) is 5.23. The topological polar surface area (TPSA) is 76.7 Å². The van der Waals surface area contributed by atoms with Crippen LogP contribution in [0, 0.1) is 0 Å². The molecule has 0 spiro atoms. The molecule has 0 bridgehead atoms. The summed E-state index contributed by atoms with van der Waals surface area (Å²) in [5.41, 5.74) is 7.43. The van der Waals surface area contributed by atoms with Crippen LogP contribution in [0.2, 0.25) is 4.34 Å². The van der Waals surface area contributed by atoms with E-state index >= 15 is 0 Å². The molecule has 0 fully saturated rings. The van der Waals surface area contributed by atoms with Gasteiger partial charge in [-0.3, -0.25) is 4.79 Å². The number of aliphatic imine (C=N–C) groups is 1. The molecule has 1 atom stereocenters. The average Bonchev–Trinajstić information content (AvgIpc) is 3.15. The van der Waals surface area contributed by atoms with E-state index in [4.69, 9.17) is 22.1 Å². The Morgan fingerprint density at radius 2 is 2.13 bits per heavy atom. The van der Waals surface area contributed by atoms with E-state index in [9.17, 15) is 4.79 Å². The van der Waals surface area contributed by atoms with Crippen LogP contribution < -0.4 is 11.1 Å². The molecule has 3 N–H and O–H groups in total. The first-order valence-electron chi connectivity index (χ1n) is 7.22. The maximum Gasteiger partial charge on any atom is 0.282 e. The van der Waals surface area contributed by atoms with Gasteiger partial charge in [0.05, 0.1) is 15.3 Å². The Morgan fingerprint density at radius 3 is 2.74 bits per heavy atom. The monoisotopic (exact) mass is 349 g/mol. The summed E-state index contributed by atoms with van der Waals surface area (Å²) in [4.78, 5) is 16.8. The van der Waals surface area contributed by atoms with Crippen molar-refractivity contribution in [2.24, 2.45) is 10.7 Å². The number of nitrogens with one attached hydrogen (secondary N) is 1. The first kappa shape index (κ1) is 15.8. The highest BCUT2D eigenvalue weighted by atomic mass is 35.5. The van der Waals surface area contributed by atoms with Crippen molar-refractivity contribution in [3.63, 3.8) is 0 Å². The number of anilines is 1. The second kappa shape index (κ2) is 7.02. The van der Waals surface area contributed by atoms with Crippen LogP contribution in [-0.4, -0.2) is 24.6 Å². The fraction of sp³-hybridized carbons (Fsp3) is 0.250. The number of amides is 1. The zero-order valence-corrected chi connectivity index (χ0v) is 13.9. The van der Waals surface area contributed by atoms with Gasteiger partial charge in [0.15, 0.2) is 0 Å². The fourth-order valence-electron chi connectivity index (χ4n) is 2.30. The highest BCUT2D eigenvalue weighted by Gasteiger charge is 2.16. The van der Waals surface area contributed by atoms with Crippen molar-refractivity contribution in [1.82, 2.24) is 0 Å². The van der Waals surface area contributed by atoms with Gasteiger partial charge in [-0.05, 0) is 42.7 Å². The summed E-state index contributed by atoms with van der Waals surface area (Å²) in [5, 5.41) is 2.86. The Hall–Kier alpha value is -2.05. The van der Waals surface area contributed by atoms with Gasteiger partial charge in [-0.25, -0.2) is 4.99 Å². The Labute approximate surface area is 143 Å². The molecule has 0 radical (unpaired) electrons. The third kappa shape index (κ3) is 4.24. The number of rotatable bonds is 5. The molecular weight excluding hydrogens is 334 g/mol. The van der Waals surface area contributed by atoms with Gasteiger partial charge in [0.25, 0.3) is 11.9 Å². The van der Waals surface area contributed by atoms with Gasteiger partial charge in [0, 0.05) is 5.69 Å². The Kier molecular flexibility index (Phi) is 4.83. The number of hydrogen-bond acceptors (Lipinski definition) is 5. The summed E-state index contributed by atoms with van der Waals surface area (Å²) < 4.78 is 5.73. The van der Waals surface area contributed by atoms with Crippen LogP contribution in [0.25, 0.3) is 0 Å². The molecule has 7 heteroatoms. The molecule has 0 saturated carbocycles. The lowest BCUT2D eigenvalue weighted by Gasteiger charge is -2.07. The number of nitrogens with two attached hydrogens (primary N) is 1. The van der Waals surface area contributed by atoms with E-state index in [0.29, 0.717) is 15.8 Å². The SMILES string of the molecule is NC1=NC(CCc2ccc(NC(=O)c3ccc(Cl)s3)cc2)CO1. The summed E-state index contributed by atoms with van der Waals surface area (Å²) >= 11 is 7.10. The number of aryl methyl sites for hydroxylation is 1. The van der Waals surface area contributed by atoms with Crippen LogP contribution in [0.1, 0.15) is 21.7 Å². The van der Waals surface area contributed by atoms with Gasteiger partial charge >= 0.3 is 0 Å². The highest BCUT2D eigenvalue weighted by Crippen LogP contribution is 2.22. The summed E-state index contributed by atoms with van der Waals surface area (Å²) in [5.74, 6) is -0.150. The quantitative estimate of drug-likeness (QED) is 0.869. The van der Waals surface area contributed by atoms with Gasteiger partial charge in [0.2, 0.25) is 0 Å². The van der Waals surface area contributed by atoms with E-state index in [2.05, 4.69) is 10.3 Å². The predicted molar refractivity (Wildman–Crippen MR) is 93.4 cm³/mol. The van der Waals surface area contributed by atoms with Crippen molar-refractivity contribution in [2.75, 3.05) is 11.9 Å². The minimum absolute atomic E-state index is 0.137. The molecule has 1 amide bonds. The largest absolute Gasteiger partial charge is 0.463 e. The molecule has 120 valence electrons. The Bertz CT molecular complexity index is 727. The van der Waals surface area contributed by atoms with Crippen molar-refractivity contribution in [3.8, 4) is 0 Å². The predicted octanol–water partition coefficient (Wildman–Crippen LogP) is 3.30. The first-order chi connectivity index (χ1) is 11.1. The Balaban J connectivity index is 1.53. The van der Waals surface area contributed by atoms with Crippen LogP contribution in [0.4, 0.5) is 5.69 Å². The number of amidine groups is 1. The maximum absolute atomic E-state index is 12.0. The standard InChI is InChI=1S/C16H16ClN3O2S/c17-14-8-7-13(23-14)15(21)19-11-4-1-10(2-5-11)3-6-12-9-22-16(18)20-12/h1-2,4-5,7-8,12H,3,6,9H2,(H2,18,20)(H,19,21). The van der Waals surface area contributed by atoms with Gasteiger partial charge in [-0.2, -0.15) is 0 Å². The van der Waals surface area contributed by atoms with E-state index < -0.39 is 0 Å². The second-order valence-corrected chi connectivity index (χ2v) is 6.94. The lowest BCUT2D eigenvalue weighted by atomic mass is 10.1. The molecule has 23 heavy (non-hydrogen) atoms. The van der Waals surface area contributed by atoms with Crippen LogP contribution in [0.3, 0.4) is 0 Å². The first-order valence-corrected chi connectivity index (χ1v) is 8.41. The van der Waals surface area contributed by atoms with Gasteiger partial charge < -0.3 is 15.8 Å². The number of halogens is 1. The maximum atomic E-state index is 12.0. The van der Waals surface area contributed by atoms with E-state index in [1.165, 1.54) is 16.9 Å². The molecular formula is C16H16ClN3O2S. The van der Waals surface area contributed by atoms with Crippen molar-refractivity contribution in [2.45, 2.75) is 18.9 Å². The van der Waals surface area contributed by atoms with Crippen molar-refractivity contribution >= 4 is 40.6 Å². The van der Waals surface area contributed by atoms with Crippen molar-refractivity contribution in [3.05, 3.63) is 51.2 Å². The number of hydrogen-bond donors (Lipinski definition) is 2. The molecule has 2 aromatic rings. The van der Waals surface area contributed by atoms with Crippen LogP contribution in [0.15, 0.2) is 41.4 Å². The molecule has 2 heterocycles. The molecule has 1 aliphatic heterocycles. The Morgan fingerprint density at radius 1 is 1.35 bits per heavy atom. The molecule has 1 unspecified atom stereocenters. The number of carbonyl (C=O) groups is 1. The van der Waals surface area contributed by atoms with Gasteiger partial charge in [-0.15, -0.1) is 11.3 Å². The minimum Gasteiger partial charge on any atom is -0.463 e. The molecule has 3 rings (SSSR count). The molecule has 0 saturated heterocycles. The average molecular weight is 350 g/mol. The summed E-state index contributed by atoms with van der Waals surface area (Å²) in [7, 11) is 0. The van der Waals surface area contributed by atoms with E-state index in [1.54, 1.807) is 12.1 Å². The third-order valence-corrected chi connectivity index (χ3v) is 4.74. The highest BCUT2D eigenvalue weighted by molar-refractivity contribution is 7.18. The summed E-state index contributed by atoms with van der Waals surface area (Å²) in [6, 6.07) is 11.6. The smallest absolute Gasteiger partial charge is 0.282 e. The normalized spacial score (nSPS) is 16.7. The number of benzene rings is 1. The van der Waals surface area contributed by atoms with Crippen molar-refractivity contribution < 1.29 is 9.53 Å². The van der Waals surface area contributed by atoms with Gasteiger partial charge in [-0.1, -0.05) is 23.7 Å². The van der Waals surface area contributed by atoms with E-state index in [0.717, 1.165) is 18.5 Å².